The summed E-state index contributed by atoms with van der Waals surface area (Å²) in [5.41, 5.74) is 2.75. The minimum absolute atomic E-state index is 0.0591. The number of fused-ring (bicyclic) bond motifs is 1. The van der Waals surface area contributed by atoms with Gasteiger partial charge in [0.25, 0.3) is 5.91 Å². The van der Waals surface area contributed by atoms with E-state index in [4.69, 9.17) is 14.5 Å². The molecule has 30 heavy (non-hydrogen) atoms. The van der Waals surface area contributed by atoms with Crippen molar-refractivity contribution in [2.24, 2.45) is 4.99 Å². The molecule has 1 amide bonds. The fourth-order valence-electron chi connectivity index (χ4n) is 3.26. The lowest BCUT2D eigenvalue weighted by molar-refractivity contribution is -0.122. The Hall–Kier alpha value is -3.51. The molecule has 0 radical (unpaired) electrons. The minimum atomic E-state index is -0.0591. The number of thioether (sulfide) groups is 1. The third-order valence-electron chi connectivity index (χ3n) is 4.75. The van der Waals surface area contributed by atoms with Crippen molar-refractivity contribution in [3.8, 4) is 11.5 Å². The zero-order valence-corrected chi connectivity index (χ0v) is 16.8. The molecule has 0 spiro atoms. The van der Waals surface area contributed by atoms with Crippen molar-refractivity contribution < 1.29 is 14.3 Å². The summed E-state index contributed by atoms with van der Waals surface area (Å²) >= 11 is 1.38. The number of carbonyl (C=O) groups excluding carboxylic acids is 1. The number of rotatable bonds is 4. The molecule has 5 nitrogen and oxygen atoms in total. The van der Waals surface area contributed by atoms with Crippen molar-refractivity contribution in [3.05, 3.63) is 94.9 Å². The molecule has 3 aromatic carbocycles. The van der Waals surface area contributed by atoms with E-state index in [9.17, 15) is 4.79 Å². The Morgan fingerprint density at radius 2 is 1.67 bits per heavy atom. The molecule has 148 valence electrons. The third-order valence-corrected chi connectivity index (χ3v) is 5.75. The number of nitrogens with zero attached hydrogens (tertiary/aromatic N) is 2. The summed E-state index contributed by atoms with van der Waals surface area (Å²) in [6, 6.07) is 25.3. The first-order valence-corrected chi connectivity index (χ1v) is 10.4. The van der Waals surface area contributed by atoms with E-state index in [0.717, 1.165) is 22.6 Å². The van der Waals surface area contributed by atoms with Crippen LogP contribution in [0.3, 0.4) is 0 Å². The molecule has 0 unspecified atom stereocenters. The van der Waals surface area contributed by atoms with Crippen LogP contribution in [0.2, 0.25) is 0 Å². The smallest absolute Gasteiger partial charge is 0.267 e. The van der Waals surface area contributed by atoms with Gasteiger partial charge in [-0.2, -0.15) is 0 Å². The van der Waals surface area contributed by atoms with Gasteiger partial charge in [-0.1, -0.05) is 54.6 Å². The van der Waals surface area contributed by atoms with Crippen LogP contribution in [-0.2, 0) is 11.3 Å². The third kappa shape index (κ3) is 3.82. The number of amidine groups is 1. The van der Waals surface area contributed by atoms with Crippen LogP contribution in [0, 0.1) is 0 Å². The molecule has 0 atom stereocenters. The minimum Gasteiger partial charge on any atom is -0.454 e. The van der Waals surface area contributed by atoms with Crippen molar-refractivity contribution in [1.82, 2.24) is 4.90 Å². The highest BCUT2D eigenvalue weighted by Crippen LogP contribution is 2.37. The van der Waals surface area contributed by atoms with Crippen molar-refractivity contribution in [2.75, 3.05) is 6.79 Å². The Kier molecular flexibility index (Phi) is 4.99. The molecule has 0 aromatic heterocycles. The van der Waals surface area contributed by atoms with Gasteiger partial charge in [0.1, 0.15) is 0 Å². The van der Waals surface area contributed by atoms with E-state index >= 15 is 0 Å². The number of hydrogen-bond donors (Lipinski definition) is 0. The quantitative estimate of drug-likeness (QED) is 0.549. The van der Waals surface area contributed by atoms with Gasteiger partial charge in [-0.25, -0.2) is 4.99 Å². The van der Waals surface area contributed by atoms with Crippen LogP contribution in [0.5, 0.6) is 11.5 Å². The SMILES string of the molecule is O=C1/C(=C\c2ccc3c(c2)OCO3)SC(=Nc2ccccc2)N1Cc1ccccc1. The lowest BCUT2D eigenvalue weighted by atomic mass is 10.2. The molecule has 0 N–H and O–H groups in total. The van der Waals surface area contributed by atoms with Crippen LogP contribution in [0.4, 0.5) is 5.69 Å². The van der Waals surface area contributed by atoms with E-state index in [-0.39, 0.29) is 12.7 Å². The van der Waals surface area contributed by atoms with E-state index in [1.807, 2.05) is 84.9 Å². The van der Waals surface area contributed by atoms with Crippen LogP contribution in [0.15, 0.2) is 88.8 Å². The van der Waals surface area contributed by atoms with Gasteiger partial charge < -0.3 is 9.47 Å². The Morgan fingerprint density at radius 3 is 2.47 bits per heavy atom. The molecule has 1 saturated heterocycles. The zero-order valence-electron chi connectivity index (χ0n) is 16.0. The van der Waals surface area contributed by atoms with Gasteiger partial charge in [-0.05, 0) is 53.2 Å². The van der Waals surface area contributed by atoms with Gasteiger partial charge in [0.15, 0.2) is 16.7 Å². The van der Waals surface area contributed by atoms with Gasteiger partial charge in [0.2, 0.25) is 6.79 Å². The predicted octanol–water partition coefficient (Wildman–Crippen LogP) is 5.22. The molecule has 0 aliphatic carbocycles. The highest BCUT2D eigenvalue weighted by molar-refractivity contribution is 8.18. The summed E-state index contributed by atoms with van der Waals surface area (Å²) in [7, 11) is 0. The Bertz CT molecular complexity index is 1140. The molecule has 2 aliphatic rings. The summed E-state index contributed by atoms with van der Waals surface area (Å²) in [4.78, 5) is 20.3. The number of hydrogen-bond acceptors (Lipinski definition) is 5. The lowest BCUT2D eigenvalue weighted by Crippen LogP contribution is -2.28. The standard InChI is InChI=1S/C24H18N2O3S/c27-23-22(14-18-11-12-20-21(13-18)29-16-28-20)30-24(25-19-9-5-2-6-10-19)26(23)15-17-7-3-1-4-8-17/h1-14H,15-16H2/b22-14+,25-24?. The van der Waals surface area contributed by atoms with Crippen molar-refractivity contribution in [1.29, 1.82) is 0 Å². The first kappa shape index (κ1) is 18.5. The fourth-order valence-corrected chi connectivity index (χ4v) is 4.26. The maximum Gasteiger partial charge on any atom is 0.267 e. The molecule has 3 aromatic rings. The fraction of sp³-hybridized carbons (Fsp3) is 0.0833. The molecule has 0 saturated carbocycles. The van der Waals surface area contributed by atoms with Crippen LogP contribution in [0.1, 0.15) is 11.1 Å². The molecule has 1 fully saturated rings. The number of para-hydroxylation sites is 1. The number of carbonyl (C=O) groups is 1. The first-order valence-electron chi connectivity index (χ1n) is 9.55. The monoisotopic (exact) mass is 414 g/mol. The van der Waals surface area contributed by atoms with Gasteiger partial charge in [0.05, 0.1) is 17.1 Å². The Labute approximate surface area is 178 Å². The van der Waals surface area contributed by atoms with Crippen molar-refractivity contribution in [3.63, 3.8) is 0 Å². The number of benzene rings is 3. The second-order valence-corrected chi connectivity index (χ2v) is 7.84. The average Bonchev–Trinajstić information content (AvgIpc) is 3.35. The second-order valence-electron chi connectivity index (χ2n) is 6.83. The highest BCUT2D eigenvalue weighted by Gasteiger charge is 2.33. The number of ether oxygens (including phenoxy) is 2. The van der Waals surface area contributed by atoms with E-state index in [0.29, 0.717) is 22.4 Å². The molecule has 6 heteroatoms. The van der Waals surface area contributed by atoms with E-state index < -0.39 is 0 Å². The lowest BCUT2D eigenvalue weighted by Gasteiger charge is -2.15. The summed E-state index contributed by atoms with van der Waals surface area (Å²) in [6.45, 7) is 0.693. The predicted molar refractivity (Wildman–Crippen MR) is 119 cm³/mol. The van der Waals surface area contributed by atoms with Crippen LogP contribution >= 0.6 is 11.8 Å². The van der Waals surface area contributed by atoms with Crippen molar-refractivity contribution >= 4 is 34.6 Å². The van der Waals surface area contributed by atoms with Gasteiger partial charge in [0, 0.05) is 0 Å². The number of aliphatic imine (C=N–C) groups is 1. The average molecular weight is 414 g/mol. The number of amides is 1. The van der Waals surface area contributed by atoms with Crippen LogP contribution in [-0.4, -0.2) is 22.8 Å². The highest BCUT2D eigenvalue weighted by atomic mass is 32.2. The Morgan fingerprint density at radius 1 is 0.933 bits per heavy atom. The van der Waals surface area contributed by atoms with E-state index in [1.54, 1.807) is 4.90 Å². The normalized spacial score (nSPS) is 17.9. The molecule has 2 heterocycles. The Balaban J connectivity index is 1.49. The maximum absolute atomic E-state index is 13.2. The molecular weight excluding hydrogens is 396 g/mol. The summed E-state index contributed by atoms with van der Waals surface area (Å²) in [6.07, 6.45) is 1.88. The van der Waals surface area contributed by atoms with E-state index in [2.05, 4.69) is 0 Å². The summed E-state index contributed by atoms with van der Waals surface area (Å²) < 4.78 is 10.8. The summed E-state index contributed by atoms with van der Waals surface area (Å²) in [5, 5.41) is 0.669. The molecule has 5 rings (SSSR count). The molecule has 2 aliphatic heterocycles. The molecule has 0 bridgehead atoms. The maximum atomic E-state index is 13.2. The van der Waals surface area contributed by atoms with E-state index in [1.165, 1.54) is 11.8 Å². The van der Waals surface area contributed by atoms with Gasteiger partial charge >= 0.3 is 0 Å². The largest absolute Gasteiger partial charge is 0.454 e. The van der Waals surface area contributed by atoms with Crippen molar-refractivity contribution in [2.45, 2.75) is 6.54 Å². The summed E-state index contributed by atoms with van der Waals surface area (Å²) in [5.74, 6) is 1.36. The van der Waals surface area contributed by atoms with Crippen LogP contribution in [0.25, 0.3) is 6.08 Å². The van der Waals surface area contributed by atoms with Gasteiger partial charge in [-0.15, -0.1) is 0 Å². The topological polar surface area (TPSA) is 51.1 Å². The second kappa shape index (κ2) is 8.08. The molecular formula is C24H18N2O3S. The zero-order chi connectivity index (χ0) is 20.3. The van der Waals surface area contributed by atoms with Gasteiger partial charge in [-0.3, -0.25) is 9.69 Å². The van der Waals surface area contributed by atoms with Crippen LogP contribution < -0.4 is 9.47 Å². The first-order chi connectivity index (χ1) is 14.8.